The number of fused-ring (bicyclic) bond motifs is 1. The molecule has 3 aromatic rings. The van der Waals surface area contributed by atoms with E-state index in [1.54, 1.807) is 0 Å². The molecule has 0 bridgehead atoms. The third kappa shape index (κ3) is 3.48. The van der Waals surface area contributed by atoms with E-state index in [1.807, 2.05) is 0 Å². The van der Waals surface area contributed by atoms with Crippen LogP contribution in [0.4, 0.5) is 0 Å². The highest BCUT2D eigenvalue weighted by Gasteiger charge is 2.10. The summed E-state index contributed by atoms with van der Waals surface area (Å²) < 4.78 is 2.38. The van der Waals surface area contributed by atoms with Crippen molar-refractivity contribution in [3.63, 3.8) is 0 Å². The molecule has 2 heteroatoms. The lowest BCUT2D eigenvalue weighted by Gasteiger charge is -2.10. The van der Waals surface area contributed by atoms with Crippen LogP contribution in [0.1, 0.15) is 37.0 Å². The van der Waals surface area contributed by atoms with Gasteiger partial charge in [0.25, 0.3) is 0 Å². The summed E-state index contributed by atoms with van der Waals surface area (Å²) in [6.07, 6.45) is 3.47. The second-order valence-electron chi connectivity index (χ2n) is 6.42. The van der Waals surface area contributed by atoms with Crippen molar-refractivity contribution in [1.82, 2.24) is 9.88 Å². The van der Waals surface area contributed by atoms with Gasteiger partial charge in [0.1, 0.15) is 0 Å². The number of hydrogen-bond donors (Lipinski definition) is 1. The SMILES string of the molecule is CC[C@@H](C)NCc1cn(Cc2ccccc2C)c2ccccc12. The Morgan fingerprint density at radius 3 is 2.52 bits per heavy atom. The van der Waals surface area contributed by atoms with Gasteiger partial charge < -0.3 is 9.88 Å². The maximum absolute atomic E-state index is 3.62. The predicted octanol–water partition coefficient (Wildman–Crippen LogP) is 4.89. The zero-order chi connectivity index (χ0) is 16.2. The Hall–Kier alpha value is -2.06. The van der Waals surface area contributed by atoms with Crippen molar-refractivity contribution >= 4 is 10.9 Å². The monoisotopic (exact) mass is 306 g/mol. The molecule has 0 radical (unpaired) electrons. The van der Waals surface area contributed by atoms with Crippen LogP contribution in [0.5, 0.6) is 0 Å². The minimum absolute atomic E-state index is 0.550. The number of rotatable bonds is 6. The first-order chi connectivity index (χ1) is 11.2. The zero-order valence-electron chi connectivity index (χ0n) is 14.3. The van der Waals surface area contributed by atoms with Crippen LogP contribution in [0, 0.1) is 6.92 Å². The number of aromatic nitrogens is 1. The van der Waals surface area contributed by atoms with Gasteiger partial charge in [0.15, 0.2) is 0 Å². The highest BCUT2D eigenvalue weighted by molar-refractivity contribution is 5.84. The molecule has 23 heavy (non-hydrogen) atoms. The van der Waals surface area contributed by atoms with Gasteiger partial charge in [0.05, 0.1) is 0 Å². The fourth-order valence-corrected chi connectivity index (χ4v) is 2.99. The van der Waals surface area contributed by atoms with Crippen molar-refractivity contribution in [2.24, 2.45) is 0 Å². The van der Waals surface area contributed by atoms with Crippen LogP contribution in [0.15, 0.2) is 54.7 Å². The largest absolute Gasteiger partial charge is 0.343 e. The molecule has 2 nitrogen and oxygen atoms in total. The van der Waals surface area contributed by atoms with E-state index in [-0.39, 0.29) is 0 Å². The lowest BCUT2D eigenvalue weighted by molar-refractivity contribution is 0.535. The predicted molar refractivity (Wildman–Crippen MR) is 98.8 cm³/mol. The Morgan fingerprint density at radius 1 is 1.00 bits per heavy atom. The highest BCUT2D eigenvalue weighted by Crippen LogP contribution is 2.23. The van der Waals surface area contributed by atoms with Gasteiger partial charge in [-0.3, -0.25) is 0 Å². The maximum atomic E-state index is 3.62. The molecule has 0 aliphatic carbocycles. The third-order valence-electron chi connectivity index (χ3n) is 4.73. The minimum Gasteiger partial charge on any atom is -0.343 e. The summed E-state index contributed by atoms with van der Waals surface area (Å²) in [5.41, 5.74) is 5.44. The molecule has 120 valence electrons. The number of aryl methyl sites for hydroxylation is 1. The molecule has 0 aliphatic rings. The van der Waals surface area contributed by atoms with Gasteiger partial charge in [0, 0.05) is 36.2 Å². The van der Waals surface area contributed by atoms with E-state index in [0.29, 0.717) is 6.04 Å². The summed E-state index contributed by atoms with van der Waals surface area (Å²) in [6, 6.07) is 17.9. The molecule has 0 spiro atoms. The van der Waals surface area contributed by atoms with Crippen LogP contribution in [0.25, 0.3) is 10.9 Å². The molecule has 0 amide bonds. The van der Waals surface area contributed by atoms with Gasteiger partial charge in [-0.15, -0.1) is 0 Å². The van der Waals surface area contributed by atoms with Crippen LogP contribution >= 0.6 is 0 Å². The van der Waals surface area contributed by atoms with E-state index in [9.17, 15) is 0 Å². The normalized spacial score (nSPS) is 12.7. The second-order valence-corrected chi connectivity index (χ2v) is 6.42. The molecule has 1 heterocycles. The molecule has 0 aliphatic heterocycles. The zero-order valence-corrected chi connectivity index (χ0v) is 14.3. The fraction of sp³-hybridized carbons (Fsp3) is 0.333. The van der Waals surface area contributed by atoms with Gasteiger partial charge in [-0.25, -0.2) is 0 Å². The average molecular weight is 306 g/mol. The van der Waals surface area contributed by atoms with Crippen molar-refractivity contribution in [2.45, 2.75) is 46.3 Å². The Balaban J connectivity index is 1.93. The van der Waals surface area contributed by atoms with Crippen LogP contribution in [0.2, 0.25) is 0 Å². The molecule has 1 atom stereocenters. The first-order valence-electron chi connectivity index (χ1n) is 8.53. The molecule has 3 rings (SSSR count). The molecule has 0 saturated carbocycles. The molecule has 0 unspecified atom stereocenters. The Morgan fingerprint density at radius 2 is 1.74 bits per heavy atom. The van der Waals surface area contributed by atoms with E-state index in [0.717, 1.165) is 19.5 Å². The number of para-hydroxylation sites is 1. The van der Waals surface area contributed by atoms with Crippen molar-refractivity contribution in [2.75, 3.05) is 0 Å². The maximum Gasteiger partial charge on any atom is 0.0486 e. The molecular weight excluding hydrogens is 280 g/mol. The standard InChI is InChI=1S/C21H26N2/c1-4-17(3)22-13-19-15-23(21-12-8-7-11-20(19)21)14-18-10-6-5-9-16(18)2/h5-12,15,17,22H,4,13-14H2,1-3H3/t17-/m1/s1. The summed E-state index contributed by atoms with van der Waals surface area (Å²) in [6.45, 7) is 8.50. The molecular formula is C21H26N2. The second kappa shape index (κ2) is 7.01. The smallest absolute Gasteiger partial charge is 0.0486 e. The van der Waals surface area contributed by atoms with Gasteiger partial charge >= 0.3 is 0 Å². The molecule has 0 saturated heterocycles. The first-order valence-corrected chi connectivity index (χ1v) is 8.53. The van der Waals surface area contributed by atoms with Gasteiger partial charge in [-0.2, -0.15) is 0 Å². The number of hydrogen-bond acceptors (Lipinski definition) is 1. The summed E-state index contributed by atoms with van der Waals surface area (Å²) in [5.74, 6) is 0. The van der Waals surface area contributed by atoms with E-state index in [2.05, 4.69) is 85.4 Å². The van der Waals surface area contributed by atoms with Gasteiger partial charge in [-0.1, -0.05) is 49.4 Å². The summed E-state index contributed by atoms with van der Waals surface area (Å²) >= 11 is 0. The number of benzene rings is 2. The minimum atomic E-state index is 0.550. The van der Waals surface area contributed by atoms with Crippen LogP contribution < -0.4 is 5.32 Å². The summed E-state index contributed by atoms with van der Waals surface area (Å²) in [7, 11) is 0. The summed E-state index contributed by atoms with van der Waals surface area (Å²) in [4.78, 5) is 0. The fourth-order valence-electron chi connectivity index (χ4n) is 2.99. The molecule has 0 fully saturated rings. The molecule has 2 aromatic carbocycles. The van der Waals surface area contributed by atoms with Gasteiger partial charge in [0.2, 0.25) is 0 Å². The number of nitrogens with zero attached hydrogens (tertiary/aromatic N) is 1. The number of nitrogens with one attached hydrogen (secondary N) is 1. The average Bonchev–Trinajstić information content (AvgIpc) is 2.93. The van der Waals surface area contributed by atoms with Crippen LogP contribution in [-0.4, -0.2) is 10.6 Å². The molecule has 1 aromatic heterocycles. The first kappa shape index (κ1) is 15.8. The summed E-state index contributed by atoms with van der Waals surface area (Å²) in [5, 5.41) is 4.97. The highest BCUT2D eigenvalue weighted by atomic mass is 15.0. The van der Waals surface area contributed by atoms with E-state index in [1.165, 1.54) is 27.6 Å². The van der Waals surface area contributed by atoms with Crippen molar-refractivity contribution in [3.05, 3.63) is 71.4 Å². The Kier molecular flexibility index (Phi) is 4.82. The quantitative estimate of drug-likeness (QED) is 0.686. The Bertz CT molecular complexity index is 785. The van der Waals surface area contributed by atoms with Crippen molar-refractivity contribution in [3.8, 4) is 0 Å². The lowest BCUT2D eigenvalue weighted by atomic mass is 10.1. The van der Waals surface area contributed by atoms with Crippen molar-refractivity contribution < 1.29 is 0 Å². The Labute approximate surface area is 139 Å². The van der Waals surface area contributed by atoms with E-state index < -0.39 is 0 Å². The van der Waals surface area contributed by atoms with E-state index in [4.69, 9.17) is 0 Å². The third-order valence-corrected chi connectivity index (χ3v) is 4.73. The van der Waals surface area contributed by atoms with Gasteiger partial charge in [-0.05, 0) is 43.0 Å². The van der Waals surface area contributed by atoms with Crippen LogP contribution in [0.3, 0.4) is 0 Å². The molecule has 1 N–H and O–H groups in total. The van der Waals surface area contributed by atoms with E-state index >= 15 is 0 Å². The topological polar surface area (TPSA) is 17.0 Å². The van der Waals surface area contributed by atoms with Crippen LogP contribution in [-0.2, 0) is 13.1 Å². The van der Waals surface area contributed by atoms with Crippen molar-refractivity contribution in [1.29, 1.82) is 0 Å². The lowest BCUT2D eigenvalue weighted by Crippen LogP contribution is -2.24.